The van der Waals surface area contributed by atoms with Gasteiger partial charge in [-0.25, -0.2) is 0 Å². The number of carbonyl (C=O) groups excluding carboxylic acids is 1. The number of rotatable bonds is 5. The maximum absolute atomic E-state index is 10.9. The van der Waals surface area contributed by atoms with Gasteiger partial charge >= 0.3 is 0 Å². The van der Waals surface area contributed by atoms with E-state index in [1.54, 1.807) is 38.2 Å². The Hall–Kier alpha value is -1.55. The van der Waals surface area contributed by atoms with Crippen molar-refractivity contribution in [3.8, 4) is 5.75 Å². The minimum Gasteiger partial charge on any atom is -0.493 e. The van der Waals surface area contributed by atoms with Crippen LogP contribution in [0.4, 0.5) is 0 Å². The molecule has 0 spiro atoms. The van der Waals surface area contributed by atoms with E-state index in [-0.39, 0.29) is 5.91 Å². The van der Waals surface area contributed by atoms with Gasteiger partial charge in [0.15, 0.2) is 0 Å². The molecule has 0 saturated heterocycles. The highest BCUT2D eigenvalue weighted by molar-refractivity contribution is 5.75. The van der Waals surface area contributed by atoms with E-state index in [1.165, 1.54) is 0 Å². The second kappa shape index (κ2) is 6.12. The highest BCUT2D eigenvalue weighted by Gasteiger charge is 2.01. The minimum absolute atomic E-state index is 0.0411. The molecule has 4 heteroatoms. The lowest BCUT2D eigenvalue weighted by Gasteiger charge is -2.08. The van der Waals surface area contributed by atoms with Crippen LogP contribution in [0, 0.1) is 0 Å². The van der Waals surface area contributed by atoms with E-state index in [0.717, 1.165) is 5.56 Å². The number of carbonyl (C=O) groups is 1. The summed E-state index contributed by atoms with van der Waals surface area (Å²) in [6, 6.07) is 7.18. The van der Waals surface area contributed by atoms with Crippen molar-refractivity contribution in [3.05, 3.63) is 29.8 Å². The maximum Gasteiger partial charge on any atom is 0.223 e. The molecule has 0 aliphatic carbocycles. The monoisotopic (exact) mass is 223 g/mol. The summed E-state index contributed by atoms with van der Waals surface area (Å²) >= 11 is 0. The molecular weight excluding hydrogens is 206 g/mol. The molecule has 1 atom stereocenters. The number of aliphatic hydroxyl groups is 1. The topological polar surface area (TPSA) is 58.6 Å². The molecule has 1 aromatic rings. The summed E-state index contributed by atoms with van der Waals surface area (Å²) in [5, 5.41) is 11.8. The number of hydrogen-bond donors (Lipinski definition) is 2. The normalized spacial score (nSPS) is 11.9. The largest absolute Gasteiger partial charge is 0.493 e. The van der Waals surface area contributed by atoms with Gasteiger partial charge in [0.05, 0.1) is 19.1 Å². The van der Waals surface area contributed by atoms with Crippen LogP contribution in [0.15, 0.2) is 24.3 Å². The van der Waals surface area contributed by atoms with Gasteiger partial charge in [-0.05, 0) is 24.6 Å². The average molecular weight is 223 g/mol. The standard InChI is InChI=1S/C12H17NO3/c1-9(14)10-3-5-11(6-4-10)16-8-7-12(15)13-2/h3-6,9,14H,7-8H2,1-2H3,(H,13,15). The first-order valence-corrected chi connectivity index (χ1v) is 5.25. The fraction of sp³-hybridized carbons (Fsp3) is 0.417. The summed E-state index contributed by atoms with van der Waals surface area (Å²) in [6.07, 6.45) is -0.130. The van der Waals surface area contributed by atoms with Crippen LogP contribution in [-0.4, -0.2) is 24.7 Å². The van der Waals surface area contributed by atoms with Gasteiger partial charge in [0.25, 0.3) is 0 Å². The molecule has 0 aliphatic rings. The number of ether oxygens (including phenoxy) is 1. The van der Waals surface area contributed by atoms with Gasteiger partial charge in [-0.1, -0.05) is 12.1 Å². The Morgan fingerprint density at radius 1 is 1.44 bits per heavy atom. The van der Waals surface area contributed by atoms with Gasteiger partial charge in [-0.2, -0.15) is 0 Å². The van der Waals surface area contributed by atoms with Crippen LogP contribution >= 0.6 is 0 Å². The number of aliphatic hydroxyl groups excluding tert-OH is 1. The van der Waals surface area contributed by atoms with Gasteiger partial charge in [0, 0.05) is 7.05 Å². The smallest absolute Gasteiger partial charge is 0.223 e. The van der Waals surface area contributed by atoms with Crippen molar-refractivity contribution in [2.24, 2.45) is 0 Å². The Labute approximate surface area is 95.2 Å². The molecule has 4 nitrogen and oxygen atoms in total. The molecule has 0 heterocycles. The van der Waals surface area contributed by atoms with Crippen molar-refractivity contribution < 1.29 is 14.6 Å². The Balaban J connectivity index is 2.40. The molecule has 16 heavy (non-hydrogen) atoms. The Bertz CT molecular complexity index is 333. The zero-order chi connectivity index (χ0) is 12.0. The summed E-state index contributed by atoms with van der Waals surface area (Å²) < 4.78 is 5.37. The highest BCUT2D eigenvalue weighted by atomic mass is 16.5. The van der Waals surface area contributed by atoms with Gasteiger partial charge in [0.1, 0.15) is 5.75 Å². The lowest BCUT2D eigenvalue weighted by Crippen LogP contribution is -2.20. The molecule has 0 aliphatic heterocycles. The molecule has 0 aromatic heterocycles. The van der Waals surface area contributed by atoms with Crippen LogP contribution in [-0.2, 0) is 4.79 Å². The number of amides is 1. The molecule has 1 unspecified atom stereocenters. The molecule has 1 amide bonds. The van der Waals surface area contributed by atoms with Gasteiger partial charge in [-0.3, -0.25) is 4.79 Å². The maximum atomic E-state index is 10.9. The van der Waals surface area contributed by atoms with Gasteiger partial charge < -0.3 is 15.2 Å². The zero-order valence-corrected chi connectivity index (χ0v) is 9.56. The highest BCUT2D eigenvalue weighted by Crippen LogP contribution is 2.17. The Kier molecular flexibility index (Phi) is 4.79. The predicted octanol–water partition coefficient (Wildman–Crippen LogP) is 1.25. The fourth-order valence-corrected chi connectivity index (χ4v) is 1.23. The summed E-state index contributed by atoms with van der Waals surface area (Å²) in [7, 11) is 1.60. The third kappa shape index (κ3) is 3.90. The van der Waals surface area contributed by atoms with Crippen LogP contribution in [0.25, 0.3) is 0 Å². The van der Waals surface area contributed by atoms with Crippen LogP contribution in [0.2, 0.25) is 0 Å². The van der Waals surface area contributed by atoms with Crippen molar-refractivity contribution >= 4 is 5.91 Å². The number of nitrogens with one attached hydrogen (secondary N) is 1. The summed E-state index contributed by atoms with van der Waals surface area (Å²) in [4.78, 5) is 10.9. The van der Waals surface area contributed by atoms with Crippen LogP contribution < -0.4 is 10.1 Å². The second-order valence-electron chi connectivity index (χ2n) is 3.52. The molecule has 0 bridgehead atoms. The van der Waals surface area contributed by atoms with E-state index in [2.05, 4.69) is 5.32 Å². The SMILES string of the molecule is CNC(=O)CCOc1ccc(C(C)O)cc1. The number of benzene rings is 1. The Morgan fingerprint density at radius 2 is 2.06 bits per heavy atom. The molecule has 1 rings (SSSR count). The number of hydrogen-bond acceptors (Lipinski definition) is 3. The van der Waals surface area contributed by atoms with Gasteiger partial charge in [0.2, 0.25) is 5.91 Å². The van der Waals surface area contributed by atoms with E-state index in [1.807, 2.05) is 0 Å². The first-order valence-electron chi connectivity index (χ1n) is 5.25. The molecule has 0 saturated carbocycles. The molecule has 0 fully saturated rings. The second-order valence-corrected chi connectivity index (χ2v) is 3.52. The predicted molar refractivity (Wildman–Crippen MR) is 61.3 cm³/mol. The van der Waals surface area contributed by atoms with Gasteiger partial charge in [-0.15, -0.1) is 0 Å². The average Bonchev–Trinajstić information content (AvgIpc) is 2.29. The van der Waals surface area contributed by atoms with Crippen molar-refractivity contribution in [1.29, 1.82) is 0 Å². The first-order chi connectivity index (χ1) is 7.63. The minimum atomic E-state index is -0.472. The summed E-state index contributed by atoms with van der Waals surface area (Å²) in [5.41, 5.74) is 0.846. The lowest BCUT2D eigenvalue weighted by molar-refractivity contribution is -0.121. The van der Waals surface area contributed by atoms with E-state index >= 15 is 0 Å². The fourth-order valence-electron chi connectivity index (χ4n) is 1.23. The molecule has 1 aromatic carbocycles. The summed E-state index contributed by atoms with van der Waals surface area (Å²) in [6.45, 7) is 2.06. The zero-order valence-electron chi connectivity index (χ0n) is 9.56. The van der Waals surface area contributed by atoms with E-state index < -0.39 is 6.10 Å². The Morgan fingerprint density at radius 3 is 2.56 bits per heavy atom. The molecule has 2 N–H and O–H groups in total. The van der Waals surface area contributed by atoms with Crippen molar-refractivity contribution in [2.45, 2.75) is 19.4 Å². The van der Waals surface area contributed by atoms with Crippen molar-refractivity contribution in [3.63, 3.8) is 0 Å². The quantitative estimate of drug-likeness (QED) is 0.790. The van der Waals surface area contributed by atoms with Crippen LogP contribution in [0.5, 0.6) is 5.75 Å². The molecule has 88 valence electrons. The first kappa shape index (κ1) is 12.5. The third-order valence-electron chi connectivity index (χ3n) is 2.24. The summed E-state index contributed by atoms with van der Waals surface area (Å²) in [5.74, 6) is 0.661. The molecule has 0 radical (unpaired) electrons. The molecular formula is C12H17NO3. The van der Waals surface area contributed by atoms with Crippen molar-refractivity contribution in [1.82, 2.24) is 5.32 Å². The van der Waals surface area contributed by atoms with E-state index in [4.69, 9.17) is 4.74 Å². The third-order valence-corrected chi connectivity index (χ3v) is 2.24. The van der Waals surface area contributed by atoms with Crippen molar-refractivity contribution in [2.75, 3.05) is 13.7 Å². The van der Waals surface area contributed by atoms with Crippen LogP contribution in [0.3, 0.4) is 0 Å². The van der Waals surface area contributed by atoms with E-state index in [9.17, 15) is 9.90 Å². The van der Waals surface area contributed by atoms with Crippen LogP contribution in [0.1, 0.15) is 25.0 Å². The lowest BCUT2D eigenvalue weighted by atomic mass is 10.1. The van der Waals surface area contributed by atoms with E-state index in [0.29, 0.717) is 18.8 Å².